The number of nitrogens with zero attached hydrogens (tertiary/aromatic N) is 2. The monoisotopic (exact) mass is 249 g/mol. The molecule has 0 atom stereocenters. The van der Waals surface area contributed by atoms with Gasteiger partial charge in [-0.2, -0.15) is 0 Å². The maximum atomic E-state index is 6.16. The molecule has 3 heteroatoms. The first-order valence-corrected chi connectivity index (χ1v) is 7.01. The van der Waals surface area contributed by atoms with Crippen LogP contribution < -0.4 is 5.73 Å². The Kier molecular flexibility index (Phi) is 6.16. The number of nitrogens with two attached hydrogens (primary N) is 1. The maximum absolute atomic E-state index is 6.16. The van der Waals surface area contributed by atoms with Crippen molar-refractivity contribution in [3.8, 4) is 0 Å². The highest BCUT2D eigenvalue weighted by Crippen LogP contribution is 2.28. The van der Waals surface area contributed by atoms with Gasteiger partial charge in [-0.15, -0.1) is 0 Å². The molecule has 102 valence electrons. The zero-order valence-corrected chi connectivity index (χ0v) is 12.2. The zero-order valence-electron chi connectivity index (χ0n) is 12.2. The number of benzene rings is 1. The molecule has 0 bridgehead atoms. The number of nitrogen functional groups attached to an aromatic ring is 1. The van der Waals surface area contributed by atoms with Crippen molar-refractivity contribution < 1.29 is 0 Å². The Labute approximate surface area is 112 Å². The van der Waals surface area contributed by atoms with Crippen LogP contribution in [0.15, 0.2) is 24.3 Å². The molecule has 0 aromatic heterocycles. The van der Waals surface area contributed by atoms with E-state index in [1.54, 1.807) is 0 Å². The molecule has 1 aromatic carbocycles. The van der Waals surface area contributed by atoms with Crippen LogP contribution in [-0.4, -0.2) is 36.0 Å². The molecular formula is C15H27N3. The van der Waals surface area contributed by atoms with E-state index in [4.69, 9.17) is 5.73 Å². The van der Waals surface area contributed by atoms with E-state index in [2.05, 4.69) is 49.6 Å². The quantitative estimate of drug-likeness (QED) is 0.595. The van der Waals surface area contributed by atoms with Gasteiger partial charge in [-0.1, -0.05) is 45.9 Å². The first kappa shape index (κ1) is 15.0. The molecule has 0 radical (unpaired) electrons. The maximum Gasteiger partial charge on any atom is 0.0905 e. The second kappa shape index (κ2) is 7.39. The summed E-state index contributed by atoms with van der Waals surface area (Å²) in [4.78, 5) is 4.91. The second-order valence-electron chi connectivity index (χ2n) is 4.45. The van der Waals surface area contributed by atoms with E-state index in [0.717, 1.165) is 31.9 Å². The van der Waals surface area contributed by atoms with Crippen LogP contribution in [0, 0.1) is 0 Å². The van der Waals surface area contributed by atoms with Crippen LogP contribution >= 0.6 is 0 Å². The van der Waals surface area contributed by atoms with Crippen LogP contribution in [0.2, 0.25) is 0 Å². The first-order chi connectivity index (χ1) is 8.69. The average molecular weight is 249 g/mol. The minimum absolute atomic E-state index is 0.288. The molecule has 0 saturated heterocycles. The normalized spacial score (nSPS) is 11.7. The zero-order chi connectivity index (χ0) is 13.5. The molecule has 0 heterocycles. The van der Waals surface area contributed by atoms with Gasteiger partial charge in [-0.25, -0.2) is 0 Å². The number of hydrogen-bond donors (Lipinski definition) is 1. The largest absolute Gasteiger partial charge is 0.398 e. The fourth-order valence-corrected chi connectivity index (χ4v) is 2.51. The number of para-hydroxylation sites is 1. The van der Waals surface area contributed by atoms with Gasteiger partial charge in [-0.05, 0) is 32.2 Å². The highest BCUT2D eigenvalue weighted by atomic mass is 15.3. The lowest BCUT2D eigenvalue weighted by molar-refractivity contribution is 0.0565. The van der Waals surface area contributed by atoms with Gasteiger partial charge in [0, 0.05) is 11.3 Å². The molecule has 0 aliphatic heterocycles. The van der Waals surface area contributed by atoms with E-state index in [0.29, 0.717) is 0 Å². The molecule has 0 unspecified atom stereocenters. The topological polar surface area (TPSA) is 32.5 Å². The summed E-state index contributed by atoms with van der Waals surface area (Å²) >= 11 is 0. The first-order valence-electron chi connectivity index (χ1n) is 7.01. The van der Waals surface area contributed by atoms with Gasteiger partial charge in [-0.3, -0.25) is 9.80 Å². The summed E-state index contributed by atoms with van der Waals surface area (Å²) in [5, 5.41) is 0. The molecule has 2 N–H and O–H groups in total. The summed E-state index contributed by atoms with van der Waals surface area (Å²) in [5.41, 5.74) is 8.28. The van der Waals surface area contributed by atoms with E-state index in [-0.39, 0.29) is 6.17 Å². The fraction of sp³-hybridized carbons (Fsp3) is 0.600. The van der Waals surface area contributed by atoms with Crippen LogP contribution in [0.25, 0.3) is 0 Å². The minimum Gasteiger partial charge on any atom is -0.398 e. The molecule has 1 aromatic rings. The second-order valence-corrected chi connectivity index (χ2v) is 4.45. The van der Waals surface area contributed by atoms with E-state index in [1.165, 1.54) is 5.56 Å². The predicted molar refractivity (Wildman–Crippen MR) is 79.4 cm³/mol. The Bertz CT molecular complexity index is 331. The van der Waals surface area contributed by atoms with Crippen molar-refractivity contribution in [3.63, 3.8) is 0 Å². The average Bonchev–Trinajstić information content (AvgIpc) is 2.40. The van der Waals surface area contributed by atoms with Gasteiger partial charge in [0.25, 0.3) is 0 Å². The highest BCUT2D eigenvalue weighted by molar-refractivity contribution is 5.48. The predicted octanol–water partition coefficient (Wildman–Crippen LogP) is 2.95. The Morgan fingerprint density at radius 1 is 0.889 bits per heavy atom. The molecule has 0 spiro atoms. The van der Waals surface area contributed by atoms with Crippen molar-refractivity contribution >= 4 is 5.69 Å². The van der Waals surface area contributed by atoms with Gasteiger partial charge in [0.15, 0.2) is 0 Å². The fourth-order valence-electron chi connectivity index (χ4n) is 2.51. The van der Waals surface area contributed by atoms with Gasteiger partial charge >= 0.3 is 0 Å². The van der Waals surface area contributed by atoms with Gasteiger partial charge in [0.05, 0.1) is 6.17 Å². The highest BCUT2D eigenvalue weighted by Gasteiger charge is 2.24. The third kappa shape index (κ3) is 3.24. The molecule has 0 aliphatic rings. The standard InChI is InChI=1S/C15H27N3/c1-5-17(6-2)15(18(7-3)8-4)13-11-9-10-12-14(13)16/h9-12,15H,5-8,16H2,1-4H3. The Hall–Kier alpha value is -1.06. The summed E-state index contributed by atoms with van der Waals surface area (Å²) in [6.07, 6.45) is 0.288. The Morgan fingerprint density at radius 2 is 1.33 bits per heavy atom. The lowest BCUT2D eigenvalue weighted by Gasteiger charge is -2.38. The molecule has 0 saturated carbocycles. The van der Waals surface area contributed by atoms with Crippen molar-refractivity contribution in [3.05, 3.63) is 29.8 Å². The van der Waals surface area contributed by atoms with Crippen LogP contribution in [0.5, 0.6) is 0 Å². The minimum atomic E-state index is 0.288. The third-order valence-corrected chi connectivity index (χ3v) is 3.59. The van der Waals surface area contributed by atoms with Crippen molar-refractivity contribution in [2.45, 2.75) is 33.9 Å². The smallest absolute Gasteiger partial charge is 0.0905 e. The number of hydrogen-bond acceptors (Lipinski definition) is 3. The van der Waals surface area contributed by atoms with E-state index >= 15 is 0 Å². The Balaban J connectivity index is 3.15. The molecular weight excluding hydrogens is 222 g/mol. The molecule has 0 aliphatic carbocycles. The van der Waals surface area contributed by atoms with Crippen molar-refractivity contribution in [2.75, 3.05) is 31.9 Å². The van der Waals surface area contributed by atoms with Crippen LogP contribution in [0.4, 0.5) is 5.69 Å². The van der Waals surface area contributed by atoms with Crippen molar-refractivity contribution in [1.82, 2.24) is 9.80 Å². The van der Waals surface area contributed by atoms with Crippen LogP contribution in [0.3, 0.4) is 0 Å². The number of rotatable bonds is 7. The van der Waals surface area contributed by atoms with Gasteiger partial charge in [0.1, 0.15) is 0 Å². The van der Waals surface area contributed by atoms with Crippen LogP contribution in [0.1, 0.15) is 39.4 Å². The summed E-state index contributed by atoms with van der Waals surface area (Å²) in [6.45, 7) is 13.0. The number of anilines is 1. The van der Waals surface area contributed by atoms with E-state index in [9.17, 15) is 0 Å². The van der Waals surface area contributed by atoms with Gasteiger partial charge in [0.2, 0.25) is 0 Å². The summed E-state index contributed by atoms with van der Waals surface area (Å²) in [5.74, 6) is 0. The lowest BCUT2D eigenvalue weighted by Crippen LogP contribution is -2.41. The molecule has 0 amide bonds. The molecule has 3 nitrogen and oxygen atoms in total. The third-order valence-electron chi connectivity index (χ3n) is 3.59. The summed E-state index contributed by atoms with van der Waals surface area (Å²) in [7, 11) is 0. The van der Waals surface area contributed by atoms with Crippen molar-refractivity contribution in [1.29, 1.82) is 0 Å². The van der Waals surface area contributed by atoms with Gasteiger partial charge < -0.3 is 5.73 Å². The van der Waals surface area contributed by atoms with E-state index < -0.39 is 0 Å². The van der Waals surface area contributed by atoms with Crippen LogP contribution in [-0.2, 0) is 0 Å². The molecule has 0 fully saturated rings. The molecule has 18 heavy (non-hydrogen) atoms. The van der Waals surface area contributed by atoms with Crippen molar-refractivity contribution in [2.24, 2.45) is 0 Å². The lowest BCUT2D eigenvalue weighted by atomic mass is 10.1. The SMILES string of the molecule is CCN(CC)C(c1ccccc1N)N(CC)CC. The van der Waals surface area contributed by atoms with E-state index in [1.807, 2.05) is 12.1 Å². The summed E-state index contributed by atoms with van der Waals surface area (Å²) < 4.78 is 0. The molecule has 1 rings (SSSR count). The Morgan fingerprint density at radius 3 is 1.72 bits per heavy atom. The summed E-state index contributed by atoms with van der Waals surface area (Å²) in [6, 6.07) is 8.22.